The zero-order valence-corrected chi connectivity index (χ0v) is 11.7. The standard InChI is InChI=1S/C15H15BrFN/c1-11(12-6-3-2-4-7-12)18-10-13-8-5-9-14(17)15(13)16/h2-9,11,18H,10H2,1H3. The molecule has 2 aromatic rings. The van der Waals surface area contributed by atoms with Crippen LogP contribution in [0.5, 0.6) is 0 Å². The lowest BCUT2D eigenvalue weighted by Crippen LogP contribution is -2.18. The van der Waals surface area contributed by atoms with Crippen molar-refractivity contribution >= 4 is 15.9 Å². The van der Waals surface area contributed by atoms with E-state index in [0.29, 0.717) is 11.0 Å². The van der Waals surface area contributed by atoms with E-state index in [4.69, 9.17) is 0 Å². The molecule has 1 atom stereocenters. The first-order chi connectivity index (χ1) is 8.68. The first-order valence-electron chi connectivity index (χ1n) is 5.89. The van der Waals surface area contributed by atoms with E-state index in [9.17, 15) is 4.39 Å². The minimum atomic E-state index is -0.221. The number of halogens is 2. The normalized spacial score (nSPS) is 12.4. The van der Waals surface area contributed by atoms with E-state index < -0.39 is 0 Å². The van der Waals surface area contributed by atoms with Gasteiger partial charge in [0.05, 0.1) is 4.47 Å². The van der Waals surface area contributed by atoms with Gasteiger partial charge >= 0.3 is 0 Å². The molecule has 0 heterocycles. The molecule has 0 aliphatic heterocycles. The molecule has 94 valence electrons. The van der Waals surface area contributed by atoms with Gasteiger partial charge in [0.25, 0.3) is 0 Å². The smallest absolute Gasteiger partial charge is 0.137 e. The first-order valence-corrected chi connectivity index (χ1v) is 6.69. The third-order valence-electron chi connectivity index (χ3n) is 2.93. The lowest BCUT2D eigenvalue weighted by molar-refractivity contribution is 0.566. The number of rotatable bonds is 4. The van der Waals surface area contributed by atoms with E-state index in [1.807, 2.05) is 24.3 Å². The van der Waals surface area contributed by atoms with Crippen molar-refractivity contribution in [1.29, 1.82) is 0 Å². The molecule has 0 aromatic heterocycles. The van der Waals surface area contributed by atoms with Crippen LogP contribution in [0.2, 0.25) is 0 Å². The summed E-state index contributed by atoms with van der Waals surface area (Å²) in [5.41, 5.74) is 2.16. The molecule has 0 aliphatic carbocycles. The van der Waals surface area contributed by atoms with Crippen LogP contribution < -0.4 is 5.32 Å². The topological polar surface area (TPSA) is 12.0 Å². The maximum absolute atomic E-state index is 13.4. The number of hydrogen-bond donors (Lipinski definition) is 1. The summed E-state index contributed by atoms with van der Waals surface area (Å²) in [6.45, 7) is 2.73. The predicted octanol–water partition coefficient (Wildman–Crippen LogP) is 4.44. The van der Waals surface area contributed by atoms with Crippen molar-refractivity contribution in [2.24, 2.45) is 0 Å². The highest BCUT2D eigenvalue weighted by atomic mass is 79.9. The van der Waals surface area contributed by atoms with Gasteiger partial charge in [0.1, 0.15) is 5.82 Å². The van der Waals surface area contributed by atoms with E-state index >= 15 is 0 Å². The second kappa shape index (κ2) is 6.12. The highest BCUT2D eigenvalue weighted by Crippen LogP contribution is 2.21. The van der Waals surface area contributed by atoms with Gasteiger partial charge in [-0.05, 0) is 40.0 Å². The average Bonchev–Trinajstić information content (AvgIpc) is 2.41. The molecule has 18 heavy (non-hydrogen) atoms. The molecule has 1 N–H and O–H groups in total. The van der Waals surface area contributed by atoms with Crippen LogP contribution >= 0.6 is 15.9 Å². The van der Waals surface area contributed by atoms with Crippen molar-refractivity contribution < 1.29 is 4.39 Å². The Morgan fingerprint density at radius 2 is 1.83 bits per heavy atom. The lowest BCUT2D eigenvalue weighted by Gasteiger charge is -2.15. The molecular formula is C15H15BrFN. The van der Waals surface area contributed by atoms with Gasteiger partial charge in [0, 0.05) is 12.6 Å². The van der Waals surface area contributed by atoms with Crippen molar-refractivity contribution in [2.75, 3.05) is 0 Å². The molecule has 0 spiro atoms. The molecule has 0 amide bonds. The molecular weight excluding hydrogens is 293 g/mol. The molecule has 1 unspecified atom stereocenters. The number of benzene rings is 2. The lowest BCUT2D eigenvalue weighted by atomic mass is 10.1. The number of hydrogen-bond acceptors (Lipinski definition) is 1. The Morgan fingerprint density at radius 3 is 2.56 bits per heavy atom. The molecule has 0 saturated heterocycles. The quantitative estimate of drug-likeness (QED) is 0.880. The van der Waals surface area contributed by atoms with Crippen LogP contribution in [-0.4, -0.2) is 0 Å². The Bertz CT molecular complexity index is 513. The minimum Gasteiger partial charge on any atom is -0.306 e. The van der Waals surface area contributed by atoms with Crippen LogP contribution in [0.3, 0.4) is 0 Å². The van der Waals surface area contributed by atoms with Crippen LogP contribution in [0.25, 0.3) is 0 Å². The Labute approximate surface area is 115 Å². The SMILES string of the molecule is CC(NCc1cccc(F)c1Br)c1ccccc1. The molecule has 0 saturated carbocycles. The molecule has 2 aromatic carbocycles. The second-order valence-corrected chi connectivity index (χ2v) is 5.02. The summed E-state index contributed by atoms with van der Waals surface area (Å²) in [5.74, 6) is -0.221. The minimum absolute atomic E-state index is 0.221. The Balaban J connectivity index is 2.02. The third kappa shape index (κ3) is 3.18. The van der Waals surface area contributed by atoms with Crippen molar-refractivity contribution in [1.82, 2.24) is 5.32 Å². The fourth-order valence-corrected chi connectivity index (χ4v) is 2.21. The van der Waals surface area contributed by atoms with Gasteiger partial charge in [0.2, 0.25) is 0 Å². The van der Waals surface area contributed by atoms with E-state index in [1.165, 1.54) is 11.6 Å². The maximum atomic E-state index is 13.4. The van der Waals surface area contributed by atoms with E-state index in [-0.39, 0.29) is 11.9 Å². The van der Waals surface area contributed by atoms with E-state index in [1.54, 1.807) is 6.07 Å². The highest BCUT2D eigenvalue weighted by molar-refractivity contribution is 9.10. The van der Waals surface area contributed by atoms with Gasteiger partial charge in [-0.2, -0.15) is 0 Å². The van der Waals surface area contributed by atoms with Crippen LogP contribution in [0.1, 0.15) is 24.1 Å². The van der Waals surface area contributed by atoms with Gasteiger partial charge in [-0.3, -0.25) is 0 Å². The first kappa shape index (κ1) is 13.2. The Kier molecular flexibility index (Phi) is 4.50. The summed E-state index contributed by atoms with van der Waals surface area (Å²) < 4.78 is 13.9. The van der Waals surface area contributed by atoms with Crippen molar-refractivity contribution in [3.05, 3.63) is 69.9 Å². The molecule has 0 fully saturated rings. The van der Waals surface area contributed by atoms with Crippen molar-refractivity contribution in [3.8, 4) is 0 Å². The molecule has 0 radical (unpaired) electrons. The average molecular weight is 308 g/mol. The fraction of sp³-hybridized carbons (Fsp3) is 0.200. The van der Waals surface area contributed by atoms with E-state index in [0.717, 1.165) is 5.56 Å². The molecule has 1 nitrogen and oxygen atoms in total. The zero-order chi connectivity index (χ0) is 13.0. The van der Waals surface area contributed by atoms with Crippen LogP contribution in [0.4, 0.5) is 4.39 Å². The zero-order valence-electron chi connectivity index (χ0n) is 10.2. The number of nitrogens with one attached hydrogen (secondary N) is 1. The summed E-state index contributed by atoms with van der Waals surface area (Å²) in [6.07, 6.45) is 0. The summed E-state index contributed by atoms with van der Waals surface area (Å²) in [7, 11) is 0. The fourth-order valence-electron chi connectivity index (χ4n) is 1.81. The predicted molar refractivity (Wildman–Crippen MR) is 75.8 cm³/mol. The second-order valence-electron chi connectivity index (χ2n) is 4.23. The molecule has 2 rings (SSSR count). The third-order valence-corrected chi connectivity index (χ3v) is 3.82. The maximum Gasteiger partial charge on any atom is 0.137 e. The van der Waals surface area contributed by atoms with Gasteiger partial charge in [-0.1, -0.05) is 42.5 Å². The monoisotopic (exact) mass is 307 g/mol. The Morgan fingerprint density at radius 1 is 1.11 bits per heavy atom. The largest absolute Gasteiger partial charge is 0.306 e. The highest BCUT2D eigenvalue weighted by Gasteiger charge is 2.07. The summed E-state index contributed by atoms with van der Waals surface area (Å²) in [5, 5.41) is 3.39. The van der Waals surface area contributed by atoms with E-state index in [2.05, 4.69) is 40.3 Å². The molecule has 3 heteroatoms. The summed E-state index contributed by atoms with van der Waals surface area (Å²) in [6, 6.07) is 15.5. The molecule has 0 aliphatic rings. The van der Waals surface area contributed by atoms with Gasteiger partial charge < -0.3 is 5.32 Å². The van der Waals surface area contributed by atoms with Gasteiger partial charge in [-0.15, -0.1) is 0 Å². The Hall–Kier alpha value is -1.19. The van der Waals surface area contributed by atoms with Gasteiger partial charge in [-0.25, -0.2) is 4.39 Å². The van der Waals surface area contributed by atoms with Crippen molar-refractivity contribution in [3.63, 3.8) is 0 Å². The van der Waals surface area contributed by atoms with Crippen molar-refractivity contribution in [2.45, 2.75) is 19.5 Å². The summed E-state index contributed by atoms with van der Waals surface area (Å²) in [4.78, 5) is 0. The molecule has 0 bridgehead atoms. The van der Waals surface area contributed by atoms with Crippen LogP contribution in [0, 0.1) is 5.82 Å². The van der Waals surface area contributed by atoms with Crippen LogP contribution in [-0.2, 0) is 6.54 Å². The van der Waals surface area contributed by atoms with Crippen LogP contribution in [0.15, 0.2) is 53.0 Å². The summed E-state index contributed by atoms with van der Waals surface area (Å²) >= 11 is 3.27. The van der Waals surface area contributed by atoms with Gasteiger partial charge in [0.15, 0.2) is 0 Å².